The van der Waals surface area contributed by atoms with Crippen molar-refractivity contribution >= 4 is 55.2 Å². The van der Waals surface area contributed by atoms with Crippen molar-refractivity contribution in [2.45, 2.75) is 23.6 Å². The van der Waals surface area contributed by atoms with Gasteiger partial charge in [0.05, 0.1) is 22.2 Å². The van der Waals surface area contributed by atoms with Crippen molar-refractivity contribution in [3.63, 3.8) is 0 Å². The molecule has 2 amide bonds. The zero-order chi connectivity index (χ0) is 29.4. The first-order valence-corrected chi connectivity index (χ1v) is 15.7. The summed E-state index contributed by atoms with van der Waals surface area (Å²) in [6, 6.07) is 7.59. The second-order valence-electron chi connectivity index (χ2n) is 9.64. The predicted molar refractivity (Wildman–Crippen MR) is 166 cm³/mol. The Morgan fingerprint density at radius 3 is 1.68 bits per heavy atom. The first-order valence-electron chi connectivity index (χ1n) is 13.6. The van der Waals surface area contributed by atoms with E-state index in [1.807, 2.05) is 69.1 Å². The number of amides is 2. The Bertz CT molecular complexity index is 1520. The van der Waals surface area contributed by atoms with Gasteiger partial charge >= 0.3 is 0 Å². The number of likely N-dealkylation sites (N-methyl/N-ethyl adjacent to an activating group) is 4. The Balaban J connectivity index is 1.61. The Labute approximate surface area is 248 Å². The summed E-state index contributed by atoms with van der Waals surface area (Å²) in [4.78, 5) is 51.8. The fraction of sp³-hybridized carbons (Fsp3) is 0.379. The van der Waals surface area contributed by atoms with Gasteiger partial charge in [0.1, 0.15) is 12.7 Å². The van der Waals surface area contributed by atoms with E-state index >= 15 is 0 Å². The Hall–Kier alpha value is -3.32. The summed E-state index contributed by atoms with van der Waals surface area (Å²) < 4.78 is 0. The van der Waals surface area contributed by atoms with Gasteiger partial charge < -0.3 is 20.0 Å². The molecule has 0 saturated carbocycles. The molecule has 4 aromatic rings. The van der Waals surface area contributed by atoms with E-state index in [2.05, 4.69) is 30.2 Å². The summed E-state index contributed by atoms with van der Waals surface area (Å²) in [7, 11) is 8.93. The molecule has 2 aromatic heterocycles. The van der Waals surface area contributed by atoms with Gasteiger partial charge in [0.2, 0.25) is 0 Å². The minimum absolute atomic E-state index is 0.0304. The van der Waals surface area contributed by atoms with E-state index in [0.29, 0.717) is 43.9 Å². The van der Waals surface area contributed by atoms with Gasteiger partial charge in [-0.25, -0.2) is 19.9 Å². The number of rotatable bonds is 13. The number of nitrogens with zero attached hydrogens (tertiary/aromatic N) is 7. The number of carbonyl (C=O) groups excluding carboxylic acids is 2. The van der Waals surface area contributed by atoms with Crippen LogP contribution in [0.2, 0.25) is 0 Å². The van der Waals surface area contributed by atoms with E-state index in [4.69, 9.17) is 0 Å². The molecular weight excluding hydrogens is 557 g/mol. The number of aromatic nitrogens is 4. The van der Waals surface area contributed by atoms with Gasteiger partial charge in [0, 0.05) is 72.2 Å². The number of hydrogen-bond donors (Lipinski definition) is 1. The fourth-order valence-electron chi connectivity index (χ4n) is 4.41. The maximum absolute atomic E-state index is 13.4. The van der Waals surface area contributed by atoms with Crippen molar-refractivity contribution in [3.8, 4) is 0 Å². The highest BCUT2D eigenvalue weighted by Crippen LogP contribution is 2.43. The molecule has 0 fully saturated rings. The molecule has 2 heterocycles. The van der Waals surface area contributed by atoms with Gasteiger partial charge in [-0.1, -0.05) is 21.6 Å². The van der Waals surface area contributed by atoms with Gasteiger partial charge in [-0.2, -0.15) is 0 Å². The highest BCUT2D eigenvalue weighted by Gasteiger charge is 2.21. The van der Waals surface area contributed by atoms with E-state index in [-0.39, 0.29) is 11.8 Å². The number of fused-ring (bicyclic) bond motifs is 2. The van der Waals surface area contributed by atoms with Crippen LogP contribution >= 0.6 is 21.6 Å². The molecule has 4 rings (SSSR count). The van der Waals surface area contributed by atoms with Crippen molar-refractivity contribution in [1.82, 2.24) is 40.0 Å². The zero-order valence-electron chi connectivity index (χ0n) is 24.1. The topological polar surface area (TPSA) is 107 Å². The van der Waals surface area contributed by atoms with Crippen LogP contribution in [0.15, 0.2) is 59.1 Å². The third-order valence-corrected chi connectivity index (χ3v) is 9.17. The standard InChI is InChI=1S/C29H36N8O2S2/c1-6-36(13-12-30-3)28(38)20-8-10-24(26-22(20)16-31-18-33-26)40-41-25-11-9-21(23-17-32-19-34-27(23)25)29(39)37(7-2)15-14-35(4)5/h8-11,16-19,30H,6-7,12-15H2,1-5H3. The normalized spacial score (nSPS) is 11.4. The van der Waals surface area contributed by atoms with Crippen molar-refractivity contribution < 1.29 is 9.59 Å². The molecule has 0 bridgehead atoms. The average molecular weight is 593 g/mol. The summed E-state index contributed by atoms with van der Waals surface area (Å²) in [5.41, 5.74) is 2.62. The summed E-state index contributed by atoms with van der Waals surface area (Å²) in [5, 5.41) is 4.54. The van der Waals surface area contributed by atoms with E-state index in [9.17, 15) is 9.59 Å². The number of benzene rings is 2. The summed E-state index contributed by atoms with van der Waals surface area (Å²) in [6.45, 7) is 7.95. The number of hydrogen-bond acceptors (Lipinski definition) is 10. The average Bonchev–Trinajstić information content (AvgIpc) is 3.00. The number of carbonyl (C=O) groups is 2. The van der Waals surface area contributed by atoms with Crippen LogP contribution in [0, 0.1) is 0 Å². The first-order chi connectivity index (χ1) is 19.9. The largest absolute Gasteiger partial charge is 0.338 e. The Kier molecular flexibility index (Phi) is 10.9. The lowest BCUT2D eigenvalue weighted by atomic mass is 10.1. The van der Waals surface area contributed by atoms with Crippen LogP contribution < -0.4 is 5.32 Å². The smallest absolute Gasteiger partial charge is 0.254 e. The molecule has 0 aliphatic rings. The molecule has 0 saturated heterocycles. The van der Waals surface area contributed by atoms with Crippen molar-refractivity contribution in [2.24, 2.45) is 0 Å². The summed E-state index contributed by atoms with van der Waals surface area (Å²) in [5.74, 6) is -0.0708. The zero-order valence-corrected chi connectivity index (χ0v) is 25.8. The molecule has 216 valence electrons. The highest BCUT2D eigenvalue weighted by molar-refractivity contribution is 8.76. The molecule has 0 aliphatic carbocycles. The fourth-order valence-corrected chi connectivity index (χ4v) is 6.67. The van der Waals surface area contributed by atoms with E-state index in [1.54, 1.807) is 12.4 Å². The van der Waals surface area contributed by atoms with Crippen LogP contribution in [0.3, 0.4) is 0 Å². The second-order valence-corrected chi connectivity index (χ2v) is 11.8. The summed E-state index contributed by atoms with van der Waals surface area (Å²) >= 11 is 0. The first kappa shape index (κ1) is 30.6. The second kappa shape index (κ2) is 14.5. The Morgan fingerprint density at radius 1 is 0.756 bits per heavy atom. The van der Waals surface area contributed by atoms with Crippen LogP contribution in [0.25, 0.3) is 21.8 Å². The van der Waals surface area contributed by atoms with E-state index in [1.165, 1.54) is 34.2 Å². The third kappa shape index (κ3) is 7.13. The maximum Gasteiger partial charge on any atom is 0.254 e. The lowest BCUT2D eigenvalue weighted by Crippen LogP contribution is -2.36. The SMILES string of the molecule is CCN(CCNC)C(=O)c1ccc(SSc2ccc(C(=O)N(CC)CCN(C)C)c3cncnc23)c2ncncc12. The monoisotopic (exact) mass is 592 g/mol. The minimum Gasteiger partial charge on any atom is -0.338 e. The molecule has 41 heavy (non-hydrogen) atoms. The molecule has 10 nitrogen and oxygen atoms in total. The molecule has 12 heteroatoms. The van der Waals surface area contributed by atoms with Crippen LogP contribution in [-0.2, 0) is 0 Å². The molecule has 0 atom stereocenters. The van der Waals surface area contributed by atoms with Crippen LogP contribution in [0.4, 0.5) is 0 Å². The molecular formula is C29H36N8O2S2. The highest BCUT2D eigenvalue weighted by atomic mass is 33.1. The lowest BCUT2D eigenvalue weighted by molar-refractivity contribution is 0.0752. The Morgan fingerprint density at radius 2 is 1.24 bits per heavy atom. The lowest BCUT2D eigenvalue weighted by Gasteiger charge is -2.23. The van der Waals surface area contributed by atoms with Gasteiger partial charge in [0.25, 0.3) is 11.8 Å². The van der Waals surface area contributed by atoms with E-state index < -0.39 is 0 Å². The molecule has 0 unspecified atom stereocenters. The van der Waals surface area contributed by atoms with Crippen molar-refractivity contribution in [2.75, 3.05) is 60.4 Å². The van der Waals surface area contributed by atoms with Gasteiger partial charge in [-0.15, -0.1) is 0 Å². The summed E-state index contributed by atoms with van der Waals surface area (Å²) in [6.07, 6.45) is 6.42. The van der Waals surface area contributed by atoms with Crippen LogP contribution in [0.5, 0.6) is 0 Å². The van der Waals surface area contributed by atoms with Gasteiger partial charge in [-0.05, 0) is 59.3 Å². The maximum atomic E-state index is 13.4. The van der Waals surface area contributed by atoms with Crippen molar-refractivity contribution in [3.05, 3.63) is 60.4 Å². The van der Waals surface area contributed by atoms with E-state index in [0.717, 1.165) is 38.1 Å². The molecule has 0 radical (unpaired) electrons. The van der Waals surface area contributed by atoms with Crippen molar-refractivity contribution in [1.29, 1.82) is 0 Å². The van der Waals surface area contributed by atoms with Gasteiger partial charge in [-0.3, -0.25) is 9.59 Å². The van der Waals surface area contributed by atoms with Crippen LogP contribution in [-0.4, -0.2) is 107 Å². The number of nitrogens with one attached hydrogen (secondary N) is 1. The molecule has 0 aliphatic heterocycles. The minimum atomic E-state index is -0.0404. The molecule has 2 aromatic carbocycles. The van der Waals surface area contributed by atoms with Gasteiger partial charge in [0.15, 0.2) is 0 Å². The molecule has 1 N–H and O–H groups in total. The quantitative estimate of drug-likeness (QED) is 0.228. The predicted octanol–water partition coefficient (Wildman–Crippen LogP) is 4.08. The third-order valence-electron chi connectivity index (χ3n) is 6.74. The molecule has 0 spiro atoms. The van der Waals surface area contributed by atoms with Crippen LogP contribution in [0.1, 0.15) is 34.6 Å².